The van der Waals surface area contributed by atoms with Crippen molar-refractivity contribution in [3.63, 3.8) is 0 Å². The van der Waals surface area contributed by atoms with Gasteiger partial charge in [0.25, 0.3) is 0 Å². The van der Waals surface area contributed by atoms with E-state index in [2.05, 4.69) is 20.7 Å². The first-order valence-electron chi connectivity index (χ1n) is 5.84. The zero-order valence-corrected chi connectivity index (χ0v) is 14.0. The lowest BCUT2D eigenvalue weighted by Gasteiger charge is -2.09. The van der Waals surface area contributed by atoms with Crippen LogP contribution in [0, 0.1) is 6.92 Å². The van der Waals surface area contributed by atoms with Crippen LogP contribution in [0.4, 0.5) is 0 Å². The minimum Gasteiger partial charge on any atom is -0.392 e. The molecule has 0 fully saturated rings. The Hall–Kier alpha value is -0.730. The molecule has 7 heteroatoms. The third-order valence-electron chi connectivity index (χ3n) is 2.88. The molecule has 0 aliphatic rings. The third-order valence-corrected chi connectivity index (χ3v) is 6.19. The van der Waals surface area contributed by atoms with E-state index in [4.69, 9.17) is 5.11 Å². The highest BCUT2D eigenvalue weighted by atomic mass is 79.9. The van der Waals surface area contributed by atoms with E-state index in [0.29, 0.717) is 10.0 Å². The number of nitrogens with one attached hydrogen (secondary N) is 1. The van der Waals surface area contributed by atoms with Gasteiger partial charge in [-0.15, -0.1) is 0 Å². The summed E-state index contributed by atoms with van der Waals surface area (Å²) in [7, 11) is -3.62. The van der Waals surface area contributed by atoms with Crippen molar-refractivity contribution >= 4 is 37.3 Å². The average molecular weight is 376 g/mol. The van der Waals surface area contributed by atoms with Crippen molar-refractivity contribution in [2.75, 3.05) is 0 Å². The predicted molar refractivity (Wildman–Crippen MR) is 83.1 cm³/mol. The van der Waals surface area contributed by atoms with Crippen LogP contribution >= 0.6 is 27.3 Å². The summed E-state index contributed by atoms with van der Waals surface area (Å²) in [5, 5.41) is 13.0. The molecule has 2 N–H and O–H groups in total. The first-order valence-corrected chi connectivity index (χ1v) is 9.06. The molecule has 0 spiro atoms. The summed E-state index contributed by atoms with van der Waals surface area (Å²) in [6.07, 6.45) is 0. The Morgan fingerprint density at radius 1 is 1.35 bits per heavy atom. The highest BCUT2D eigenvalue weighted by Gasteiger charge is 2.18. The van der Waals surface area contributed by atoms with E-state index in [1.807, 2.05) is 17.7 Å². The average Bonchev–Trinajstić information content (AvgIpc) is 2.82. The lowest BCUT2D eigenvalue weighted by atomic mass is 10.2. The topological polar surface area (TPSA) is 66.4 Å². The number of sulfonamides is 1. The molecule has 0 saturated carbocycles. The molecule has 20 heavy (non-hydrogen) atoms. The van der Waals surface area contributed by atoms with Crippen LogP contribution < -0.4 is 4.72 Å². The van der Waals surface area contributed by atoms with Gasteiger partial charge in [0.2, 0.25) is 10.0 Å². The van der Waals surface area contributed by atoms with E-state index in [1.165, 1.54) is 6.07 Å². The first-order chi connectivity index (χ1) is 9.44. The molecule has 4 nitrogen and oxygen atoms in total. The van der Waals surface area contributed by atoms with Gasteiger partial charge in [0, 0.05) is 11.0 Å². The summed E-state index contributed by atoms with van der Waals surface area (Å²) in [5.41, 5.74) is 2.59. The summed E-state index contributed by atoms with van der Waals surface area (Å²) < 4.78 is 27.7. The standard InChI is InChI=1S/C13H14BrNO3S2/c1-9-7-19-8-11(9)5-15-20(17,18)13-4-10(6-16)2-3-12(13)14/h2-4,7-8,15-16H,5-6H2,1H3. The van der Waals surface area contributed by atoms with Gasteiger partial charge in [-0.2, -0.15) is 11.3 Å². The summed E-state index contributed by atoms with van der Waals surface area (Å²) in [5.74, 6) is 0. The molecule has 0 atom stereocenters. The van der Waals surface area contributed by atoms with Crippen LogP contribution in [0.3, 0.4) is 0 Å². The highest BCUT2D eigenvalue weighted by molar-refractivity contribution is 9.10. The molecule has 1 heterocycles. The monoisotopic (exact) mass is 375 g/mol. The maximum atomic E-state index is 12.3. The van der Waals surface area contributed by atoms with E-state index in [-0.39, 0.29) is 18.0 Å². The lowest BCUT2D eigenvalue weighted by Crippen LogP contribution is -2.23. The molecule has 0 aliphatic heterocycles. The first kappa shape index (κ1) is 15.7. The van der Waals surface area contributed by atoms with Crippen molar-refractivity contribution in [3.05, 3.63) is 50.1 Å². The number of thiophene rings is 1. The fourth-order valence-corrected chi connectivity index (χ4v) is 4.55. The van der Waals surface area contributed by atoms with Gasteiger partial charge in [-0.25, -0.2) is 13.1 Å². The van der Waals surface area contributed by atoms with Crippen LogP contribution in [0.25, 0.3) is 0 Å². The van der Waals surface area contributed by atoms with Gasteiger partial charge in [-0.3, -0.25) is 0 Å². The number of halogens is 1. The summed E-state index contributed by atoms with van der Waals surface area (Å²) in [6, 6.07) is 4.76. The highest BCUT2D eigenvalue weighted by Crippen LogP contribution is 2.24. The van der Waals surface area contributed by atoms with E-state index in [1.54, 1.807) is 23.5 Å². The van der Waals surface area contributed by atoms with E-state index in [0.717, 1.165) is 11.1 Å². The molecule has 108 valence electrons. The zero-order chi connectivity index (χ0) is 14.8. The second-order valence-electron chi connectivity index (χ2n) is 4.33. The van der Waals surface area contributed by atoms with Crippen molar-refractivity contribution in [3.8, 4) is 0 Å². The smallest absolute Gasteiger partial charge is 0.242 e. The minimum absolute atomic E-state index is 0.136. The number of aliphatic hydroxyl groups excluding tert-OH is 1. The van der Waals surface area contributed by atoms with Crippen LogP contribution in [0.5, 0.6) is 0 Å². The molecular weight excluding hydrogens is 362 g/mol. The Morgan fingerprint density at radius 2 is 2.10 bits per heavy atom. The number of aliphatic hydroxyl groups is 1. The van der Waals surface area contributed by atoms with Crippen LogP contribution in [0.1, 0.15) is 16.7 Å². The molecule has 0 saturated heterocycles. The predicted octanol–water partition coefficient (Wildman–Crippen LogP) is 2.79. The fourth-order valence-electron chi connectivity index (χ4n) is 1.67. The number of hydrogen-bond donors (Lipinski definition) is 2. The van der Waals surface area contributed by atoms with Crippen molar-refractivity contribution in [1.82, 2.24) is 4.72 Å². The van der Waals surface area contributed by atoms with Gasteiger partial charge in [0.1, 0.15) is 0 Å². The molecule has 0 amide bonds. The Kier molecular flexibility index (Phi) is 4.98. The number of aryl methyl sites for hydroxylation is 1. The summed E-state index contributed by atoms with van der Waals surface area (Å²) in [4.78, 5) is 0.136. The lowest BCUT2D eigenvalue weighted by molar-refractivity contribution is 0.281. The number of hydrogen-bond acceptors (Lipinski definition) is 4. The van der Waals surface area contributed by atoms with Crippen molar-refractivity contribution in [2.45, 2.75) is 25.0 Å². The Labute approximate surface area is 130 Å². The van der Waals surface area contributed by atoms with Crippen molar-refractivity contribution < 1.29 is 13.5 Å². The van der Waals surface area contributed by atoms with Crippen LogP contribution in [0.2, 0.25) is 0 Å². The SMILES string of the molecule is Cc1cscc1CNS(=O)(=O)c1cc(CO)ccc1Br. The van der Waals surface area contributed by atoms with E-state index >= 15 is 0 Å². The van der Waals surface area contributed by atoms with E-state index in [9.17, 15) is 8.42 Å². The largest absolute Gasteiger partial charge is 0.392 e. The Bertz CT molecular complexity index is 710. The van der Waals surface area contributed by atoms with Crippen molar-refractivity contribution in [1.29, 1.82) is 0 Å². The van der Waals surface area contributed by atoms with Crippen LogP contribution in [-0.2, 0) is 23.2 Å². The third kappa shape index (κ3) is 3.48. The van der Waals surface area contributed by atoms with Crippen LogP contribution in [0.15, 0.2) is 38.3 Å². The molecule has 2 aromatic rings. The van der Waals surface area contributed by atoms with Gasteiger partial charge in [0.05, 0.1) is 11.5 Å². The Morgan fingerprint density at radius 3 is 2.70 bits per heavy atom. The van der Waals surface area contributed by atoms with Gasteiger partial charge in [-0.1, -0.05) is 6.07 Å². The quantitative estimate of drug-likeness (QED) is 0.844. The minimum atomic E-state index is -3.62. The molecule has 1 aromatic heterocycles. The molecule has 0 unspecified atom stereocenters. The molecule has 0 bridgehead atoms. The molecule has 1 aromatic carbocycles. The van der Waals surface area contributed by atoms with Gasteiger partial charge >= 0.3 is 0 Å². The zero-order valence-electron chi connectivity index (χ0n) is 10.8. The molecular formula is C13H14BrNO3S2. The maximum absolute atomic E-state index is 12.3. The summed E-state index contributed by atoms with van der Waals surface area (Å²) in [6.45, 7) is 2.01. The van der Waals surface area contributed by atoms with E-state index < -0.39 is 10.0 Å². The van der Waals surface area contributed by atoms with Gasteiger partial charge < -0.3 is 5.11 Å². The second-order valence-corrected chi connectivity index (χ2v) is 7.66. The van der Waals surface area contributed by atoms with Gasteiger partial charge in [0.15, 0.2) is 0 Å². The Balaban J connectivity index is 2.24. The van der Waals surface area contributed by atoms with Crippen LogP contribution in [-0.4, -0.2) is 13.5 Å². The van der Waals surface area contributed by atoms with Gasteiger partial charge in [-0.05, 0) is 62.4 Å². The molecule has 0 radical (unpaired) electrons. The molecule has 2 rings (SSSR count). The fraction of sp³-hybridized carbons (Fsp3) is 0.231. The number of benzene rings is 1. The molecule has 0 aliphatic carbocycles. The number of rotatable bonds is 5. The maximum Gasteiger partial charge on any atom is 0.242 e. The normalized spacial score (nSPS) is 11.8. The second kappa shape index (κ2) is 6.36. The van der Waals surface area contributed by atoms with Crippen molar-refractivity contribution in [2.24, 2.45) is 0 Å². The summed E-state index contributed by atoms with van der Waals surface area (Å²) >= 11 is 4.77.